The molecule has 0 heterocycles. The summed E-state index contributed by atoms with van der Waals surface area (Å²) in [6.07, 6.45) is 3.34. The minimum absolute atomic E-state index is 0.318. The molecular formula is C9H20ClIN2. The van der Waals surface area contributed by atoms with E-state index < -0.39 is 0 Å². The summed E-state index contributed by atoms with van der Waals surface area (Å²) in [5, 5.41) is 6.91. The fraction of sp³-hybridized carbons (Fsp3) is 1.00. The Balaban J connectivity index is 3.64. The van der Waals surface area contributed by atoms with Gasteiger partial charge in [-0.2, -0.15) is 0 Å². The zero-order valence-electron chi connectivity index (χ0n) is 8.45. The molecule has 2 atom stereocenters. The molecule has 0 spiro atoms. The molecule has 0 rings (SSSR count). The number of halogens is 2. The second kappa shape index (κ2) is 9.49. The van der Waals surface area contributed by atoms with Crippen LogP contribution in [-0.2, 0) is 0 Å². The summed E-state index contributed by atoms with van der Waals surface area (Å²) in [7, 11) is 1.98. The number of rotatable bonds is 8. The molecule has 0 aromatic heterocycles. The summed E-state index contributed by atoms with van der Waals surface area (Å²) in [5.74, 6) is 0. The Morgan fingerprint density at radius 2 is 2.15 bits per heavy atom. The minimum Gasteiger partial charge on any atom is -0.318 e. The minimum atomic E-state index is 0.318. The zero-order valence-corrected chi connectivity index (χ0v) is 11.4. The average Bonchev–Trinajstić information content (AvgIpc) is 2.05. The van der Waals surface area contributed by atoms with Crippen molar-refractivity contribution in [1.29, 1.82) is 0 Å². The molecule has 0 aliphatic carbocycles. The van der Waals surface area contributed by atoms with Crippen LogP contribution in [0, 0.1) is 0 Å². The van der Waals surface area contributed by atoms with Gasteiger partial charge in [-0.1, -0.05) is 35.9 Å². The number of hydrogen-bond donors (Lipinski definition) is 2. The Morgan fingerprint density at radius 3 is 2.62 bits per heavy atom. The number of alkyl halides is 2. The van der Waals surface area contributed by atoms with Crippen LogP contribution < -0.4 is 10.6 Å². The van der Waals surface area contributed by atoms with Crippen molar-refractivity contribution in [2.24, 2.45) is 0 Å². The second-order valence-electron chi connectivity index (χ2n) is 3.21. The van der Waals surface area contributed by atoms with Crippen LogP contribution in [0.2, 0.25) is 0 Å². The maximum Gasteiger partial charge on any atom is 0.0482 e. The van der Waals surface area contributed by atoms with Crippen LogP contribution in [0.4, 0.5) is 0 Å². The van der Waals surface area contributed by atoms with Gasteiger partial charge >= 0.3 is 0 Å². The normalized spacial score (nSPS) is 15.7. The molecule has 1 unspecified atom stereocenters. The van der Waals surface area contributed by atoms with Crippen molar-refractivity contribution in [2.45, 2.75) is 37.6 Å². The number of nitrogens with one attached hydrogen (secondary N) is 2. The lowest BCUT2D eigenvalue weighted by atomic mass is 10.1. The van der Waals surface area contributed by atoms with Gasteiger partial charge in [0.2, 0.25) is 0 Å². The van der Waals surface area contributed by atoms with E-state index in [0.717, 1.165) is 23.9 Å². The molecule has 2 N–H and O–H groups in total. The van der Waals surface area contributed by atoms with Crippen LogP contribution in [0.5, 0.6) is 0 Å². The highest BCUT2D eigenvalue weighted by Gasteiger charge is 2.12. The Morgan fingerprint density at radius 1 is 1.46 bits per heavy atom. The molecule has 0 bridgehead atoms. The van der Waals surface area contributed by atoms with E-state index in [1.807, 2.05) is 7.05 Å². The van der Waals surface area contributed by atoms with Crippen LogP contribution in [0.15, 0.2) is 0 Å². The second-order valence-corrected chi connectivity index (χ2v) is 4.59. The Labute approximate surface area is 100 Å². The lowest BCUT2D eigenvalue weighted by Gasteiger charge is -2.19. The predicted molar refractivity (Wildman–Crippen MR) is 68.9 cm³/mol. The monoisotopic (exact) mass is 318 g/mol. The van der Waals surface area contributed by atoms with E-state index in [-0.39, 0.29) is 0 Å². The van der Waals surface area contributed by atoms with Crippen LogP contribution in [0.1, 0.15) is 26.2 Å². The molecule has 0 aromatic carbocycles. The van der Waals surface area contributed by atoms with E-state index in [1.165, 1.54) is 6.42 Å². The third kappa shape index (κ3) is 7.97. The van der Waals surface area contributed by atoms with Gasteiger partial charge in [-0.25, -0.2) is 0 Å². The van der Waals surface area contributed by atoms with Crippen molar-refractivity contribution >= 4 is 34.2 Å². The summed E-state index contributed by atoms with van der Waals surface area (Å²) in [4.78, 5) is 0. The van der Waals surface area contributed by atoms with E-state index in [1.54, 1.807) is 0 Å². The number of hydrogen-bond acceptors (Lipinski definition) is 2. The lowest BCUT2D eigenvalue weighted by molar-refractivity contribution is 0.476. The van der Waals surface area contributed by atoms with Crippen LogP contribution >= 0.6 is 34.2 Å². The van der Waals surface area contributed by atoms with Gasteiger partial charge in [0.1, 0.15) is 0 Å². The van der Waals surface area contributed by atoms with Crippen molar-refractivity contribution < 1.29 is 0 Å². The van der Waals surface area contributed by atoms with E-state index in [0.29, 0.717) is 11.4 Å². The van der Waals surface area contributed by atoms with E-state index >= 15 is 0 Å². The molecule has 80 valence electrons. The highest BCUT2D eigenvalue weighted by atomic mass is 127. The highest BCUT2D eigenvalue weighted by molar-refractivity contribution is 14.1. The standard InChI is InChI=1S/C9H20ClIN2/c1-3-4-8(10)5-9(6-12-2)13-7-11/h8-9,12-13H,3-7H2,1-2H3/t8-,9?/m0/s1. The van der Waals surface area contributed by atoms with Gasteiger partial charge in [-0.15, -0.1) is 11.6 Å². The molecular weight excluding hydrogens is 298 g/mol. The maximum absolute atomic E-state index is 6.18. The molecule has 0 aliphatic rings. The van der Waals surface area contributed by atoms with Crippen LogP contribution in [0.25, 0.3) is 0 Å². The van der Waals surface area contributed by atoms with Gasteiger partial charge in [-0.05, 0) is 19.9 Å². The van der Waals surface area contributed by atoms with Gasteiger partial charge in [0, 0.05) is 22.5 Å². The van der Waals surface area contributed by atoms with Crippen LogP contribution in [-0.4, -0.2) is 29.6 Å². The van der Waals surface area contributed by atoms with E-state index in [4.69, 9.17) is 11.6 Å². The Hall–Kier alpha value is 0.940. The molecule has 13 heavy (non-hydrogen) atoms. The molecule has 0 saturated carbocycles. The maximum atomic E-state index is 6.18. The van der Waals surface area contributed by atoms with Gasteiger partial charge in [0.25, 0.3) is 0 Å². The first-order chi connectivity index (χ1) is 6.24. The number of likely N-dealkylation sites (N-methyl/N-ethyl adjacent to an activating group) is 1. The van der Waals surface area contributed by atoms with E-state index in [9.17, 15) is 0 Å². The first-order valence-electron chi connectivity index (χ1n) is 4.82. The molecule has 0 aromatic rings. The summed E-state index contributed by atoms with van der Waals surface area (Å²) < 4.78 is 0.986. The molecule has 0 saturated heterocycles. The molecule has 2 nitrogen and oxygen atoms in total. The highest BCUT2D eigenvalue weighted by Crippen LogP contribution is 2.12. The summed E-state index contributed by atoms with van der Waals surface area (Å²) in [6, 6.07) is 0.510. The molecule has 4 heteroatoms. The van der Waals surface area contributed by atoms with Crippen molar-refractivity contribution in [3.8, 4) is 0 Å². The summed E-state index contributed by atoms with van der Waals surface area (Å²) >= 11 is 8.51. The topological polar surface area (TPSA) is 24.1 Å². The smallest absolute Gasteiger partial charge is 0.0482 e. The largest absolute Gasteiger partial charge is 0.318 e. The third-order valence-electron chi connectivity index (χ3n) is 1.96. The molecule has 0 radical (unpaired) electrons. The molecule has 0 fully saturated rings. The quantitative estimate of drug-likeness (QED) is 0.408. The third-order valence-corrected chi connectivity index (χ3v) is 2.80. The fourth-order valence-corrected chi connectivity index (χ4v) is 2.39. The Bertz CT molecular complexity index is 108. The van der Waals surface area contributed by atoms with Gasteiger partial charge < -0.3 is 10.6 Å². The molecule has 0 aliphatic heterocycles. The summed E-state index contributed by atoms with van der Waals surface area (Å²) in [5.41, 5.74) is 0. The zero-order chi connectivity index (χ0) is 10.1. The lowest BCUT2D eigenvalue weighted by Crippen LogP contribution is -2.38. The first-order valence-corrected chi connectivity index (χ1v) is 6.78. The average molecular weight is 319 g/mol. The van der Waals surface area contributed by atoms with Gasteiger partial charge in [0.05, 0.1) is 0 Å². The fourth-order valence-electron chi connectivity index (χ4n) is 1.33. The summed E-state index contributed by atoms with van der Waals surface area (Å²) in [6.45, 7) is 3.17. The van der Waals surface area contributed by atoms with Crippen molar-refractivity contribution in [3.05, 3.63) is 0 Å². The van der Waals surface area contributed by atoms with Gasteiger partial charge in [0.15, 0.2) is 0 Å². The van der Waals surface area contributed by atoms with E-state index in [2.05, 4.69) is 40.1 Å². The first kappa shape index (κ1) is 13.9. The van der Waals surface area contributed by atoms with Gasteiger partial charge in [-0.3, -0.25) is 0 Å². The predicted octanol–water partition coefficient (Wildman–Crippen LogP) is 2.35. The molecule has 0 amide bonds. The van der Waals surface area contributed by atoms with Crippen molar-refractivity contribution in [1.82, 2.24) is 10.6 Å². The Kier molecular flexibility index (Phi) is 10.2. The van der Waals surface area contributed by atoms with Crippen molar-refractivity contribution in [2.75, 3.05) is 18.1 Å². The van der Waals surface area contributed by atoms with Crippen molar-refractivity contribution in [3.63, 3.8) is 0 Å². The van der Waals surface area contributed by atoms with Crippen LogP contribution in [0.3, 0.4) is 0 Å². The SMILES string of the molecule is CCC[C@H](Cl)CC(CNC)NCI.